The first-order valence-corrected chi connectivity index (χ1v) is 6.95. The van der Waals surface area contributed by atoms with Crippen LogP contribution >= 0.6 is 15.9 Å². The number of alkyl halides is 1. The molecule has 4 heteroatoms. The summed E-state index contributed by atoms with van der Waals surface area (Å²) >= 11 is 3.36. The van der Waals surface area contributed by atoms with Crippen LogP contribution in [-0.2, 0) is 5.33 Å². The number of aryl methyl sites for hydroxylation is 1. The summed E-state index contributed by atoms with van der Waals surface area (Å²) < 4.78 is 13.6. The van der Waals surface area contributed by atoms with Crippen LogP contribution in [0.4, 0.5) is 10.1 Å². The first-order valence-electron chi connectivity index (χ1n) is 5.83. The van der Waals surface area contributed by atoms with Crippen LogP contribution in [0.2, 0.25) is 0 Å². The highest BCUT2D eigenvalue weighted by molar-refractivity contribution is 9.08. The monoisotopic (exact) mass is 321 g/mol. The number of para-hydroxylation sites is 1. The zero-order valence-corrected chi connectivity index (χ0v) is 12.0. The summed E-state index contributed by atoms with van der Waals surface area (Å²) in [5, 5.41) is 3.36. The molecule has 0 radical (unpaired) electrons. The molecule has 2 aromatic rings. The number of hydrogen-bond acceptors (Lipinski definition) is 1. The normalized spacial score (nSPS) is 10.3. The van der Waals surface area contributed by atoms with E-state index in [-0.39, 0.29) is 5.56 Å². The Morgan fingerprint density at radius 2 is 2.00 bits per heavy atom. The van der Waals surface area contributed by atoms with Crippen molar-refractivity contribution < 1.29 is 9.18 Å². The lowest BCUT2D eigenvalue weighted by Crippen LogP contribution is -2.15. The largest absolute Gasteiger partial charge is 0.322 e. The van der Waals surface area contributed by atoms with Crippen molar-refractivity contribution in [1.29, 1.82) is 0 Å². The van der Waals surface area contributed by atoms with Gasteiger partial charge in [0, 0.05) is 11.0 Å². The molecule has 0 heterocycles. The fourth-order valence-electron chi connectivity index (χ4n) is 1.76. The van der Waals surface area contributed by atoms with Crippen LogP contribution in [0.5, 0.6) is 0 Å². The van der Waals surface area contributed by atoms with Crippen molar-refractivity contribution in [3.8, 4) is 0 Å². The first kappa shape index (κ1) is 13.7. The molecule has 0 aliphatic heterocycles. The Balaban J connectivity index is 2.28. The Morgan fingerprint density at radius 3 is 2.74 bits per heavy atom. The molecule has 0 unspecified atom stereocenters. The van der Waals surface area contributed by atoms with E-state index in [9.17, 15) is 9.18 Å². The zero-order valence-electron chi connectivity index (χ0n) is 10.4. The molecule has 1 N–H and O–H groups in total. The van der Waals surface area contributed by atoms with Crippen molar-refractivity contribution in [2.75, 3.05) is 5.32 Å². The molecular formula is C15H13BrFNO. The lowest BCUT2D eigenvalue weighted by atomic mass is 10.1. The SMILES string of the molecule is Cc1ccc(F)c(C(=O)Nc2ccccc2CBr)c1. The van der Waals surface area contributed by atoms with E-state index in [1.54, 1.807) is 18.2 Å². The average Bonchev–Trinajstić information content (AvgIpc) is 2.42. The number of benzene rings is 2. The summed E-state index contributed by atoms with van der Waals surface area (Å²) in [6.07, 6.45) is 0. The predicted octanol–water partition coefficient (Wildman–Crippen LogP) is 4.28. The Hall–Kier alpha value is -1.68. The molecule has 2 aromatic carbocycles. The lowest BCUT2D eigenvalue weighted by molar-refractivity contribution is 0.102. The summed E-state index contributed by atoms with van der Waals surface area (Å²) in [5.41, 5.74) is 2.54. The van der Waals surface area contributed by atoms with E-state index in [1.165, 1.54) is 6.07 Å². The maximum atomic E-state index is 13.6. The summed E-state index contributed by atoms with van der Waals surface area (Å²) in [4.78, 5) is 12.1. The van der Waals surface area contributed by atoms with Gasteiger partial charge in [0.15, 0.2) is 0 Å². The van der Waals surface area contributed by atoms with E-state index in [4.69, 9.17) is 0 Å². The minimum Gasteiger partial charge on any atom is -0.322 e. The average molecular weight is 322 g/mol. The fraction of sp³-hybridized carbons (Fsp3) is 0.133. The maximum absolute atomic E-state index is 13.6. The van der Waals surface area contributed by atoms with E-state index in [2.05, 4.69) is 21.2 Å². The number of amides is 1. The molecule has 0 bridgehead atoms. The van der Waals surface area contributed by atoms with Crippen LogP contribution in [-0.4, -0.2) is 5.91 Å². The van der Waals surface area contributed by atoms with Gasteiger partial charge >= 0.3 is 0 Å². The van der Waals surface area contributed by atoms with Crippen LogP contribution in [0.1, 0.15) is 21.5 Å². The Labute approximate surface area is 119 Å². The van der Waals surface area contributed by atoms with Crippen molar-refractivity contribution in [3.05, 3.63) is 65.0 Å². The smallest absolute Gasteiger partial charge is 0.258 e. The van der Waals surface area contributed by atoms with Crippen molar-refractivity contribution in [1.82, 2.24) is 0 Å². The Bertz CT molecular complexity index is 613. The minimum atomic E-state index is -0.514. The van der Waals surface area contributed by atoms with E-state index >= 15 is 0 Å². The molecule has 98 valence electrons. The van der Waals surface area contributed by atoms with Gasteiger partial charge in [-0.1, -0.05) is 45.8 Å². The quantitative estimate of drug-likeness (QED) is 0.840. The second kappa shape index (κ2) is 5.97. The van der Waals surface area contributed by atoms with Gasteiger partial charge in [-0.15, -0.1) is 0 Å². The number of anilines is 1. The van der Waals surface area contributed by atoms with Crippen molar-refractivity contribution in [2.24, 2.45) is 0 Å². The van der Waals surface area contributed by atoms with Crippen LogP contribution in [0, 0.1) is 12.7 Å². The van der Waals surface area contributed by atoms with Gasteiger partial charge in [-0.25, -0.2) is 4.39 Å². The second-order valence-electron chi connectivity index (χ2n) is 4.23. The number of carbonyl (C=O) groups is 1. The molecular weight excluding hydrogens is 309 g/mol. The third-order valence-electron chi connectivity index (χ3n) is 2.78. The lowest BCUT2D eigenvalue weighted by Gasteiger charge is -2.10. The molecule has 0 aliphatic rings. The molecule has 1 amide bonds. The standard InChI is InChI=1S/C15H13BrFNO/c1-10-6-7-13(17)12(8-10)15(19)18-14-5-3-2-4-11(14)9-16/h2-8H,9H2,1H3,(H,18,19). The van der Waals surface area contributed by atoms with Gasteiger partial charge < -0.3 is 5.32 Å². The molecule has 0 spiro atoms. The fourth-order valence-corrected chi connectivity index (χ4v) is 2.25. The van der Waals surface area contributed by atoms with Crippen LogP contribution in [0.15, 0.2) is 42.5 Å². The molecule has 0 saturated carbocycles. The molecule has 0 aromatic heterocycles. The van der Waals surface area contributed by atoms with Crippen molar-refractivity contribution >= 4 is 27.5 Å². The topological polar surface area (TPSA) is 29.1 Å². The summed E-state index contributed by atoms with van der Waals surface area (Å²) in [5.74, 6) is -0.950. The van der Waals surface area contributed by atoms with E-state index in [0.29, 0.717) is 11.0 Å². The van der Waals surface area contributed by atoms with Gasteiger partial charge in [-0.2, -0.15) is 0 Å². The summed E-state index contributed by atoms with van der Waals surface area (Å²) in [6, 6.07) is 11.9. The molecule has 0 aliphatic carbocycles. The summed E-state index contributed by atoms with van der Waals surface area (Å²) in [6.45, 7) is 1.82. The third-order valence-corrected chi connectivity index (χ3v) is 3.38. The van der Waals surface area contributed by atoms with Gasteiger partial charge in [0.05, 0.1) is 5.56 Å². The molecule has 19 heavy (non-hydrogen) atoms. The van der Waals surface area contributed by atoms with Gasteiger partial charge in [0.1, 0.15) is 5.82 Å². The maximum Gasteiger partial charge on any atom is 0.258 e. The van der Waals surface area contributed by atoms with Crippen molar-refractivity contribution in [3.63, 3.8) is 0 Å². The Morgan fingerprint density at radius 1 is 1.26 bits per heavy atom. The molecule has 0 atom stereocenters. The predicted molar refractivity (Wildman–Crippen MR) is 78.2 cm³/mol. The van der Waals surface area contributed by atoms with Crippen LogP contribution < -0.4 is 5.32 Å². The number of rotatable bonds is 3. The molecule has 0 saturated heterocycles. The van der Waals surface area contributed by atoms with E-state index < -0.39 is 11.7 Å². The third kappa shape index (κ3) is 3.20. The number of halogens is 2. The summed E-state index contributed by atoms with van der Waals surface area (Å²) in [7, 11) is 0. The van der Waals surface area contributed by atoms with E-state index in [1.807, 2.05) is 25.1 Å². The van der Waals surface area contributed by atoms with E-state index in [0.717, 1.165) is 11.1 Å². The van der Waals surface area contributed by atoms with Crippen molar-refractivity contribution in [2.45, 2.75) is 12.3 Å². The van der Waals surface area contributed by atoms with Gasteiger partial charge in [0.2, 0.25) is 0 Å². The Kier molecular flexibility index (Phi) is 4.32. The number of nitrogens with one attached hydrogen (secondary N) is 1. The molecule has 2 rings (SSSR count). The number of carbonyl (C=O) groups excluding carboxylic acids is 1. The highest BCUT2D eigenvalue weighted by atomic mass is 79.9. The highest BCUT2D eigenvalue weighted by Gasteiger charge is 2.13. The molecule has 2 nitrogen and oxygen atoms in total. The van der Waals surface area contributed by atoms with Gasteiger partial charge in [0.25, 0.3) is 5.91 Å². The van der Waals surface area contributed by atoms with Gasteiger partial charge in [-0.05, 0) is 30.7 Å². The zero-order chi connectivity index (χ0) is 13.8. The highest BCUT2D eigenvalue weighted by Crippen LogP contribution is 2.19. The van der Waals surface area contributed by atoms with Crippen LogP contribution in [0.3, 0.4) is 0 Å². The minimum absolute atomic E-state index is 0.0596. The molecule has 0 fully saturated rings. The van der Waals surface area contributed by atoms with Gasteiger partial charge in [-0.3, -0.25) is 4.79 Å². The second-order valence-corrected chi connectivity index (χ2v) is 4.79. The number of hydrogen-bond donors (Lipinski definition) is 1. The van der Waals surface area contributed by atoms with Crippen LogP contribution in [0.25, 0.3) is 0 Å². The first-order chi connectivity index (χ1) is 9.11.